The number of ether oxygens (including phenoxy) is 2. The summed E-state index contributed by atoms with van der Waals surface area (Å²) in [5.41, 5.74) is -0.284. The maximum atomic E-state index is 12.3. The number of amides is 1. The zero-order valence-corrected chi connectivity index (χ0v) is 18.8. The van der Waals surface area contributed by atoms with Crippen molar-refractivity contribution < 1.29 is 32.9 Å². The largest absolute Gasteiger partial charge is 0.491 e. The summed E-state index contributed by atoms with van der Waals surface area (Å²) in [5, 5.41) is 22.8. The predicted molar refractivity (Wildman–Crippen MR) is 114 cm³/mol. The second kappa shape index (κ2) is 9.72. The molecule has 1 aromatic carbocycles. The maximum Gasteiger partial charge on any atom is 0.407 e. The normalized spacial score (nSPS) is 21.9. The molecule has 174 valence electrons. The number of nitrogens with zero attached hydrogens (tertiary/aromatic N) is 1. The molecule has 1 spiro atoms. The Morgan fingerprint density at radius 1 is 1.35 bits per heavy atom. The highest BCUT2D eigenvalue weighted by Gasteiger charge is 2.44. The first-order valence-corrected chi connectivity index (χ1v) is 12.2. The van der Waals surface area contributed by atoms with Crippen LogP contribution in [0.3, 0.4) is 0 Å². The third-order valence-corrected chi connectivity index (χ3v) is 8.15. The van der Waals surface area contributed by atoms with Crippen LogP contribution in [0, 0.1) is 0 Å². The summed E-state index contributed by atoms with van der Waals surface area (Å²) in [5.74, 6) is 0.306. The monoisotopic (exact) mass is 456 g/mol. The van der Waals surface area contributed by atoms with Gasteiger partial charge in [0.05, 0.1) is 34.9 Å². The summed E-state index contributed by atoms with van der Waals surface area (Å²) in [4.78, 5) is 13.2. The van der Waals surface area contributed by atoms with Crippen LogP contribution in [0.4, 0.5) is 4.79 Å². The number of benzene rings is 1. The molecule has 0 radical (unpaired) electrons. The Balaban J connectivity index is 1.58. The molecule has 10 heteroatoms. The molecule has 1 aromatic rings. The Bertz CT molecular complexity index is 868. The molecule has 0 bridgehead atoms. The van der Waals surface area contributed by atoms with Gasteiger partial charge in [-0.3, -0.25) is 0 Å². The van der Waals surface area contributed by atoms with E-state index in [1.807, 2.05) is 0 Å². The van der Waals surface area contributed by atoms with Crippen LogP contribution in [0.25, 0.3) is 0 Å². The Morgan fingerprint density at radius 3 is 2.71 bits per heavy atom. The first-order valence-electron chi connectivity index (χ1n) is 10.6. The van der Waals surface area contributed by atoms with E-state index in [-0.39, 0.29) is 29.7 Å². The average molecular weight is 457 g/mol. The van der Waals surface area contributed by atoms with Crippen molar-refractivity contribution in [2.24, 2.45) is 0 Å². The van der Waals surface area contributed by atoms with E-state index < -0.39 is 27.3 Å². The number of sulfone groups is 1. The molecule has 3 rings (SSSR count). The molecule has 0 unspecified atom stereocenters. The highest BCUT2D eigenvalue weighted by atomic mass is 32.2. The van der Waals surface area contributed by atoms with Gasteiger partial charge in [0, 0.05) is 0 Å². The van der Waals surface area contributed by atoms with Gasteiger partial charge in [-0.2, -0.15) is 0 Å². The minimum atomic E-state index is -3.44. The quantitative estimate of drug-likeness (QED) is 0.537. The van der Waals surface area contributed by atoms with Gasteiger partial charge in [-0.1, -0.05) is 6.07 Å². The summed E-state index contributed by atoms with van der Waals surface area (Å²) >= 11 is 0. The molecule has 2 fully saturated rings. The second-order valence-electron chi connectivity index (χ2n) is 8.57. The molecule has 9 nitrogen and oxygen atoms in total. The van der Waals surface area contributed by atoms with E-state index >= 15 is 0 Å². The van der Waals surface area contributed by atoms with Gasteiger partial charge in [0.1, 0.15) is 18.5 Å². The number of piperidine rings is 1. The molecule has 0 saturated carbocycles. The molecule has 2 aliphatic rings. The number of carboxylic acid groups (broad SMARTS) is 1. The molecule has 3 N–H and O–H groups in total. The summed E-state index contributed by atoms with van der Waals surface area (Å²) in [6, 6.07) is 5.79. The molecule has 31 heavy (non-hydrogen) atoms. The fraction of sp³-hybridized carbons (Fsp3) is 0.667. The van der Waals surface area contributed by atoms with Crippen LogP contribution in [0.1, 0.15) is 33.1 Å². The zero-order chi connectivity index (χ0) is 22.6. The summed E-state index contributed by atoms with van der Waals surface area (Å²) in [6.45, 7) is 4.96. The van der Waals surface area contributed by atoms with Crippen molar-refractivity contribution in [2.45, 2.75) is 61.0 Å². The van der Waals surface area contributed by atoms with Crippen molar-refractivity contribution in [3.05, 3.63) is 24.3 Å². The van der Waals surface area contributed by atoms with Gasteiger partial charge in [0.25, 0.3) is 0 Å². The zero-order valence-electron chi connectivity index (χ0n) is 18.0. The van der Waals surface area contributed by atoms with Crippen molar-refractivity contribution in [1.82, 2.24) is 10.2 Å². The van der Waals surface area contributed by atoms with Gasteiger partial charge in [0.15, 0.2) is 9.84 Å². The van der Waals surface area contributed by atoms with Gasteiger partial charge < -0.3 is 29.9 Å². The molecule has 2 heterocycles. The number of carbonyl (C=O) groups is 1. The van der Waals surface area contributed by atoms with Crippen LogP contribution < -0.4 is 10.1 Å². The number of nitrogens with one attached hydrogen (secondary N) is 1. The van der Waals surface area contributed by atoms with Crippen molar-refractivity contribution >= 4 is 15.9 Å². The molecule has 0 aliphatic carbocycles. The van der Waals surface area contributed by atoms with E-state index in [1.165, 1.54) is 17.0 Å². The number of rotatable bonds is 8. The minimum Gasteiger partial charge on any atom is -0.491 e. The first-order chi connectivity index (χ1) is 14.6. The number of hydrogen-bond acceptors (Lipinski definition) is 7. The predicted octanol–water partition coefficient (Wildman–Crippen LogP) is 1.50. The van der Waals surface area contributed by atoms with Gasteiger partial charge in [0.2, 0.25) is 0 Å². The molecule has 2 atom stereocenters. The van der Waals surface area contributed by atoms with Crippen molar-refractivity contribution in [3.63, 3.8) is 0 Å². The Kier molecular flexibility index (Phi) is 7.46. The highest BCUT2D eigenvalue weighted by Crippen LogP contribution is 2.36. The highest BCUT2D eigenvalue weighted by molar-refractivity contribution is 7.92. The van der Waals surface area contributed by atoms with Crippen LogP contribution in [-0.4, -0.2) is 85.5 Å². The van der Waals surface area contributed by atoms with Gasteiger partial charge in [-0.15, -0.1) is 0 Å². The van der Waals surface area contributed by atoms with E-state index in [2.05, 4.69) is 5.32 Å². The SMILES string of the molecule is CC(C)S(=O)(=O)c1cccc(OC[C@@H](O)CN(C(=O)O)[C@H]2COC3(CCNCC3)C2)c1. The smallest absolute Gasteiger partial charge is 0.407 e. The van der Waals surface area contributed by atoms with Crippen LogP contribution in [0.2, 0.25) is 0 Å². The Labute approximate surface area is 183 Å². The lowest BCUT2D eigenvalue weighted by Gasteiger charge is -2.34. The van der Waals surface area contributed by atoms with Crippen LogP contribution in [0.5, 0.6) is 5.75 Å². The minimum absolute atomic E-state index is 0.109. The fourth-order valence-corrected chi connectivity index (χ4v) is 5.21. The number of aliphatic hydroxyl groups is 1. The Hall–Kier alpha value is -1.88. The van der Waals surface area contributed by atoms with E-state index in [1.54, 1.807) is 26.0 Å². The number of hydrogen-bond donors (Lipinski definition) is 3. The van der Waals surface area contributed by atoms with E-state index in [0.717, 1.165) is 25.9 Å². The molecular formula is C21H32N2O7S. The second-order valence-corrected chi connectivity index (χ2v) is 11.1. The first kappa shape index (κ1) is 23.8. The maximum absolute atomic E-state index is 12.3. The third kappa shape index (κ3) is 5.68. The topological polar surface area (TPSA) is 125 Å². The van der Waals surface area contributed by atoms with Crippen LogP contribution in [0.15, 0.2) is 29.2 Å². The van der Waals surface area contributed by atoms with Gasteiger partial charge in [-0.25, -0.2) is 13.2 Å². The molecule has 0 aromatic heterocycles. The van der Waals surface area contributed by atoms with Gasteiger partial charge in [-0.05, 0) is 64.4 Å². The van der Waals surface area contributed by atoms with Crippen molar-refractivity contribution in [2.75, 3.05) is 32.8 Å². The van der Waals surface area contributed by atoms with Crippen LogP contribution >= 0.6 is 0 Å². The Morgan fingerprint density at radius 2 is 2.06 bits per heavy atom. The standard InChI is InChI=1S/C21H32N2O7S/c1-15(2)31(27,28)19-5-3-4-18(10-19)29-14-17(24)12-23(20(25)26)16-11-21(30-13-16)6-8-22-9-7-21/h3-5,10,15-17,22,24H,6-9,11-14H2,1-2H3,(H,25,26)/t16-,17+/m1/s1. The summed E-state index contributed by atoms with van der Waals surface area (Å²) in [7, 11) is -3.44. The number of aliphatic hydroxyl groups excluding tert-OH is 1. The summed E-state index contributed by atoms with van der Waals surface area (Å²) < 4.78 is 36.2. The molecular weight excluding hydrogens is 424 g/mol. The fourth-order valence-electron chi connectivity index (χ4n) is 4.12. The lowest BCUT2D eigenvalue weighted by Crippen LogP contribution is -2.47. The lowest BCUT2D eigenvalue weighted by molar-refractivity contribution is -0.0205. The molecule has 1 amide bonds. The van der Waals surface area contributed by atoms with Crippen molar-refractivity contribution in [3.8, 4) is 5.75 Å². The average Bonchev–Trinajstić information content (AvgIpc) is 3.13. The van der Waals surface area contributed by atoms with E-state index in [4.69, 9.17) is 9.47 Å². The van der Waals surface area contributed by atoms with Crippen LogP contribution in [-0.2, 0) is 14.6 Å². The molecule has 2 saturated heterocycles. The van der Waals surface area contributed by atoms with E-state index in [0.29, 0.717) is 18.8 Å². The third-order valence-electron chi connectivity index (χ3n) is 6.00. The lowest BCUT2D eigenvalue weighted by atomic mass is 9.88. The molecule has 2 aliphatic heterocycles. The van der Waals surface area contributed by atoms with E-state index in [9.17, 15) is 23.4 Å². The van der Waals surface area contributed by atoms with Gasteiger partial charge >= 0.3 is 6.09 Å². The summed E-state index contributed by atoms with van der Waals surface area (Å²) in [6.07, 6.45) is 0.134. The van der Waals surface area contributed by atoms with Crippen molar-refractivity contribution in [1.29, 1.82) is 0 Å².